The summed E-state index contributed by atoms with van der Waals surface area (Å²) in [5.74, 6) is 0. The van der Waals surface area contributed by atoms with Crippen molar-refractivity contribution in [1.29, 1.82) is 0 Å². The minimum atomic E-state index is 0.187. The van der Waals surface area contributed by atoms with Gasteiger partial charge in [0.2, 0.25) is 0 Å². The second kappa shape index (κ2) is 6.39. The fourth-order valence-corrected chi connectivity index (χ4v) is 2.86. The van der Waals surface area contributed by atoms with E-state index in [1.54, 1.807) is 0 Å². The fourth-order valence-electron chi connectivity index (χ4n) is 2.60. The second-order valence-corrected chi connectivity index (χ2v) is 5.22. The molecule has 2 rings (SSSR count). The third kappa shape index (κ3) is 3.44. The summed E-state index contributed by atoms with van der Waals surface area (Å²) in [7, 11) is 0. The standard InChI is InChI=1S/C14H21ClN2/c15-13-9-5-4-8-12(13)14(10-16)17-11-6-2-1-3-7-11/h4-5,8-9,11,14,17H,1-3,6-7,10,16H2. The first kappa shape index (κ1) is 12.9. The highest BCUT2D eigenvalue weighted by molar-refractivity contribution is 6.31. The van der Waals surface area contributed by atoms with Crippen LogP contribution in [-0.4, -0.2) is 12.6 Å². The molecule has 1 fully saturated rings. The number of rotatable bonds is 4. The predicted molar refractivity (Wildman–Crippen MR) is 73.3 cm³/mol. The molecule has 0 bridgehead atoms. The molecule has 1 atom stereocenters. The molecule has 0 heterocycles. The zero-order valence-corrected chi connectivity index (χ0v) is 10.9. The van der Waals surface area contributed by atoms with E-state index in [2.05, 4.69) is 11.4 Å². The molecule has 1 aliphatic carbocycles. The Morgan fingerprint density at radius 2 is 1.94 bits per heavy atom. The summed E-state index contributed by atoms with van der Waals surface area (Å²) in [5.41, 5.74) is 7.00. The van der Waals surface area contributed by atoms with Gasteiger partial charge in [-0.3, -0.25) is 0 Å². The van der Waals surface area contributed by atoms with Gasteiger partial charge in [-0.1, -0.05) is 49.1 Å². The number of nitrogens with two attached hydrogens (primary N) is 1. The van der Waals surface area contributed by atoms with Gasteiger partial charge in [-0.2, -0.15) is 0 Å². The Kier molecular flexibility index (Phi) is 4.84. The van der Waals surface area contributed by atoms with Crippen molar-refractivity contribution >= 4 is 11.6 Å². The lowest BCUT2D eigenvalue weighted by Crippen LogP contribution is -2.38. The maximum atomic E-state index is 6.22. The van der Waals surface area contributed by atoms with E-state index in [1.807, 2.05) is 18.2 Å². The average molecular weight is 253 g/mol. The summed E-state index contributed by atoms with van der Waals surface area (Å²) in [6.07, 6.45) is 6.56. The Balaban J connectivity index is 2.03. The molecule has 0 amide bonds. The number of hydrogen-bond donors (Lipinski definition) is 2. The summed E-state index contributed by atoms with van der Waals surface area (Å²) in [4.78, 5) is 0. The number of halogens is 1. The highest BCUT2D eigenvalue weighted by Crippen LogP contribution is 2.25. The molecule has 0 radical (unpaired) electrons. The van der Waals surface area contributed by atoms with Gasteiger partial charge in [0.15, 0.2) is 0 Å². The zero-order chi connectivity index (χ0) is 12.1. The van der Waals surface area contributed by atoms with E-state index in [0.717, 1.165) is 10.6 Å². The summed E-state index contributed by atoms with van der Waals surface area (Å²) in [6.45, 7) is 0.597. The van der Waals surface area contributed by atoms with Crippen LogP contribution in [0.25, 0.3) is 0 Å². The van der Waals surface area contributed by atoms with Crippen molar-refractivity contribution in [3.8, 4) is 0 Å². The van der Waals surface area contributed by atoms with Crippen LogP contribution in [0.15, 0.2) is 24.3 Å². The minimum Gasteiger partial charge on any atom is -0.329 e. The van der Waals surface area contributed by atoms with Crippen molar-refractivity contribution in [3.05, 3.63) is 34.9 Å². The van der Waals surface area contributed by atoms with E-state index in [4.69, 9.17) is 17.3 Å². The third-order valence-corrected chi connectivity index (χ3v) is 3.90. The highest BCUT2D eigenvalue weighted by Gasteiger charge is 2.19. The second-order valence-electron chi connectivity index (χ2n) is 4.81. The Labute approximate surface area is 109 Å². The molecule has 1 unspecified atom stereocenters. The fraction of sp³-hybridized carbons (Fsp3) is 0.571. The van der Waals surface area contributed by atoms with Crippen molar-refractivity contribution in [2.45, 2.75) is 44.2 Å². The van der Waals surface area contributed by atoms with Gasteiger partial charge in [0.25, 0.3) is 0 Å². The zero-order valence-electron chi connectivity index (χ0n) is 10.2. The number of benzene rings is 1. The van der Waals surface area contributed by atoms with Crippen molar-refractivity contribution in [2.75, 3.05) is 6.54 Å². The maximum Gasteiger partial charge on any atom is 0.0461 e. The molecule has 0 aliphatic heterocycles. The topological polar surface area (TPSA) is 38.0 Å². The quantitative estimate of drug-likeness (QED) is 0.863. The third-order valence-electron chi connectivity index (χ3n) is 3.56. The molecule has 0 aromatic heterocycles. The monoisotopic (exact) mass is 252 g/mol. The molecule has 2 nitrogen and oxygen atoms in total. The molecule has 1 aromatic rings. The van der Waals surface area contributed by atoms with Crippen LogP contribution in [0.2, 0.25) is 5.02 Å². The van der Waals surface area contributed by atoms with Crippen molar-refractivity contribution in [2.24, 2.45) is 5.73 Å². The summed E-state index contributed by atoms with van der Waals surface area (Å²) >= 11 is 6.22. The summed E-state index contributed by atoms with van der Waals surface area (Å²) in [6, 6.07) is 8.77. The van der Waals surface area contributed by atoms with E-state index in [-0.39, 0.29) is 6.04 Å². The molecule has 0 spiro atoms. The van der Waals surface area contributed by atoms with Gasteiger partial charge >= 0.3 is 0 Å². The van der Waals surface area contributed by atoms with Crippen molar-refractivity contribution in [1.82, 2.24) is 5.32 Å². The molecule has 3 heteroatoms. The minimum absolute atomic E-state index is 0.187. The van der Waals surface area contributed by atoms with E-state index >= 15 is 0 Å². The maximum absolute atomic E-state index is 6.22. The van der Waals surface area contributed by atoms with Crippen LogP contribution >= 0.6 is 11.6 Å². The van der Waals surface area contributed by atoms with Crippen LogP contribution in [0.1, 0.15) is 43.7 Å². The Morgan fingerprint density at radius 1 is 1.24 bits per heavy atom. The van der Waals surface area contributed by atoms with Crippen molar-refractivity contribution in [3.63, 3.8) is 0 Å². The van der Waals surface area contributed by atoms with Crippen LogP contribution in [0.5, 0.6) is 0 Å². The molecule has 3 N–H and O–H groups in total. The van der Waals surface area contributed by atoms with Crippen LogP contribution in [0, 0.1) is 0 Å². The molecule has 1 saturated carbocycles. The first-order valence-electron chi connectivity index (χ1n) is 6.52. The Hall–Kier alpha value is -0.570. The van der Waals surface area contributed by atoms with Crippen LogP contribution in [-0.2, 0) is 0 Å². The van der Waals surface area contributed by atoms with Crippen LogP contribution < -0.4 is 11.1 Å². The smallest absolute Gasteiger partial charge is 0.0461 e. The first-order chi connectivity index (χ1) is 8.31. The molecular weight excluding hydrogens is 232 g/mol. The molecule has 1 aromatic carbocycles. The molecule has 17 heavy (non-hydrogen) atoms. The molecule has 94 valence electrons. The van der Waals surface area contributed by atoms with Gasteiger partial charge in [0, 0.05) is 23.7 Å². The van der Waals surface area contributed by atoms with Crippen LogP contribution in [0.3, 0.4) is 0 Å². The van der Waals surface area contributed by atoms with E-state index in [0.29, 0.717) is 12.6 Å². The lowest BCUT2D eigenvalue weighted by atomic mass is 9.94. The Bertz CT molecular complexity index is 348. The molecule has 1 aliphatic rings. The predicted octanol–water partition coefficient (Wildman–Crippen LogP) is 3.26. The normalized spacial score (nSPS) is 19.2. The summed E-state index contributed by atoms with van der Waals surface area (Å²) in [5, 5.41) is 4.46. The highest BCUT2D eigenvalue weighted by atomic mass is 35.5. The molecular formula is C14H21ClN2. The lowest BCUT2D eigenvalue weighted by Gasteiger charge is -2.28. The van der Waals surface area contributed by atoms with Crippen LogP contribution in [0.4, 0.5) is 0 Å². The summed E-state index contributed by atoms with van der Waals surface area (Å²) < 4.78 is 0. The van der Waals surface area contributed by atoms with Gasteiger partial charge < -0.3 is 11.1 Å². The SMILES string of the molecule is NCC(NC1CCCCC1)c1ccccc1Cl. The Morgan fingerprint density at radius 3 is 2.59 bits per heavy atom. The van der Waals surface area contributed by atoms with E-state index < -0.39 is 0 Å². The largest absolute Gasteiger partial charge is 0.329 e. The van der Waals surface area contributed by atoms with Crippen molar-refractivity contribution < 1.29 is 0 Å². The number of nitrogens with one attached hydrogen (secondary N) is 1. The van der Waals surface area contributed by atoms with Gasteiger partial charge in [0.1, 0.15) is 0 Å². The number of hydrogen-bond acceptors (Lipinski definition) is 2. The molecule has 0 saturated heterocycles. The van der Waals surface area contributed by atoms with Gasteiger partial charge in [-0.15, -0.1) is 0 Å². The van der Waals surface area contributed by atoms with E-state index in [9.17, 15) is 0 Å². The first-order valence-corrected chi connectivity index (χ1v) is 6.89. The lowest BCUT2D eigenvalue weighted by molar-refractivity contribution is 0.340. The van der Waals surface area contributed by atoms with Gasteiger partial charge in [-0.25, -0.2) is 0 Å². The van der Waals surface area contributed by atoms with E-state index in [1.165, 1.54) is 32.1 Å². The van der Waals surface area contributed by atoms with Gasteiger partial charge in [0.05, 0.1) is 0 Å². The average Bonchev–Trinajstić information content (AvgIpc) is 2.38. The van der Waals surface area contributed by atoms with Gasteiger partial charge in [-0.05, 0) is 24.5 Å².